The second kappa shape index (κ2) is 2.23. The Bertz CT molecular complexity index is 153. The molecule has 0 atom stereocenters. The molecule has 0 aromatic carbocycles. The third-order valence-corrected chi connectivity index (χ3v) is 1.39. The number of ketones is 1. The van der Waals surface area contributed by atoms with Gasteiger partial charge in [-0.15, -0.1) is 0 Å². The van der Waals surface area contributed by atoms with Crippen LogP contribution in [0.5, 0.6) is 0 Å². The summed E-state index contributed by atoms with van der Waals surface area (Å²) in [5, 5.41) is 0. The summed E-state index contributed by atoms with van der Waals surface area (Å²) in [7, 11) is 0. The van der Waals surface area contributed by atoms with Gasteiger partial charge < -0.3 is 0 Å². The molecule has 10 heavy (non-hydrogen) atoms. The van der Waals surface area contributed by atoms with Crippen LogP contribution in [0.1, 0.15) is 6.42 Å². The first-order chi connectivity index (χ1) is 4.50. The molecule has 2 nitrogen and oxygen atoms in total. The van der Waals surface area contributed by atoms with Gasteiger partial charge >= 0.3 is 6.30 Å². The van der Waals surface area contributed by atoms with E-state index < -0.39 is 12.8 Å². The average Bonchev–Trinajstić information content (AvgIpc) is 2.11. The Morgan fingerprint density at radius 3 is 2.20 bits per heavy atom. The molecule has 0 aromatic heterocycles. The molecule has 0 amide bonds. The van der Waals surface area contributed by atoms with E-state index in [4.69, 9.17) is 0 Å². The Balaban J connectivity index is 2.53. The largest absolute Gasteiger partial charge is 0.460 e. The van der Waals surface area contributed by atoms with Crippen molar-refractivity contribution in [2.75, 3.05) is 13.1 Å². The molecule has 1 aliphatic rings. The third kappa shape index (κ3) is 1.47. The number of Topliss-reactive ketones (excluding diaryl/α,β-unsaturated/α-hetero) is 1. The molecule has 0 N–H and O–H groups in total. The molecule has 1 saturated heterocycles. The molecule has 1 rings (SSSR count). The molecule has 0 aromatic rings. The van der Waals surface area contributed by atoms with Gasteiger partial charge in [-0.3, -0.25) is 4.79 Å². The van der Waals surface area contributed by atoms with Gasteiger partial charge in [0.25, 0.3) is 0 Å². The maximum atomic E-state index is 11.7. The Kier molecular flexibility index (Phi) is 1.68. The predicted octanol–water partition coefficient (Wildman–Crippen LogP) is 0.781. The van der Waals surface area contributed by atoms with E-state index in [1.165, 1.54) is 0 Å². The summed E-state index contributed by atoms with van der Waals surface area (Å²) in [6, 6.07) is 0. The topological polar surface area (TPSA) is 20.3 Å². The zero-order chi connectivity index (χ0) is 7.78. The number of rotatable bonds is 0. The van der Waals surface area contributed by atoms with Gasteiger partial charge in [-0.1, -0.05) is 0 Å². The molecule has 0 spiro atoms. The lowest BCUT2D eigenvalue weighted by atomic mass is 10.4. The van der Waals surface area contributed by atoms with Crippen LogP contribution in [0.15, 0.2) is 0 Å². The van der Waals surface area contributed by atoms with Crippen molar-refractivity contribution in [1.82, 2.24) is 4.90 Å². The molecule has 58 valence electrons. The maximum Gasteiger partial charge on any atom is 0.460 e. The lowest BCUT2D eigenvalue weighted by Crippen LogP contribution is -2.35. The maximum absolute atomic E-state index is 11.7. The van der Waals surface area contributed by atoms with E-state index in [0.29, 0.717) is 0 Å². The number of hydrogen-bond donors (Lipinski definition) is 0. The number of halogens is 3. The van der Waals surface area contributed by atoms with Crippen molar-refractivity contribution in [1.29, 1.82) is 0 Å². The molecule has 0 bridgehead atoms. The Morgan fingerprint density at radius 1 is 1.40 bits per heavy atom. The quantitative estimate of drug-likeness (QED) is 0.479. The number of nitrogens with zero attached hydrogens (tertiary/aromatic N) is 1. The van der Waals surface area contributed by atoms with Crippen LogP contribution in [0.4, 0.5) is 13.2 Å². The number of alkyl halides is 3. The van der Waals surface area contributed by atoms with Crippen molar-refractivity contribution >= 4 is 5.78 Å². The standard InChI is InChI=1S/C5H6F3NO/c6-5(7,8)9-2-1-4(10)3-9/h1-3H2. The summed E-state index contributed by atoms with van der Waals surface area (Å²) in [6.45, 7) is -0.647. The molecule has 1 fully saturated rings. The summed E-state index contributed by atoms with van der Waals surface area (Å²) in [5.41, 5.74) is 0. The van der Waals surface area contributed by atoms with E-state index in [2.05, 4.69) is 0 Å². The van der Waals surface area contributed by atoms with E-state index >= 15 is 0 Å². The van der Waals surface area contributed by atoms with Crippen molar-refractivity contribution < 1.29 is 18.0 Å². The van der Waals surface area contributed by atoms with Crippen molar-refractivity contribution in [3.05, 3.63) is 0 Å². The highest BCUT2D eigenvalue weighted by atomic mass is 19.4. The summed E-state index contributed by atoms with van der Waals surface area (Å²) < 4.78 is 35.1. The van der Waals surface area contributed by atoms with Crippen molar-refractivity contribution in [3.8, 4) is 0 Å². The van der Waals surface area contributed by atoms with Crippen LogP contribution in [-0.2, 0) is 4.79 Å². The van der Waals surface area contributed by atoms with Crippen LogP contribution >= 0.6 is 0 Å². The Labute approximate surface area is 55.6 Å². The normalized spacial score (nSPS) is 22.1. The van der Waals surface area contributed by atoms with Crippen LogP contribution in [0, 0.1) is 0 Å². The minimum Gasteiger partial charge on any atom is -0.298 e. The highest BCUT2D eigenvalue weighted by molar-refractivity contribution is 5.82. The van der Waals surface area contributed by atoms with Crippen LogP contribution < -0.4 is 0 Å². The second-order valence-corrected chi connectivity index (χ2v) is 2.18. The number of carbonyl (C=O) groups excluding carboxylic acids is 1. The first-order valence-electron chi connectivity index (χ1n) is 2.83. The molecular formula is C5H6F3NO. The highest BCUT2D eigenvalue weighted by Gasteiger charge is 2.41. The summed E-state index contributed by atoms with van der Waals surface area (Å²) in [5.74, 6) is -0.336. The molecule has 0 radical (unpaired) electrons. The predicted molar refractivity (Wildman–Crippen MR) is 27.3 cm³/mol. The van der Waals surface area contributed by atoms with E-state index in [-0.39, 0.29) is 23.6 Å². The van der Waals surface area contributed by atoms with Crippen molar-refractivity contribution in [3.63, 3.8) is 0 Å². The fourth-order valence-electron chi connectivity index (χ4n) is 0.847. The first-order valence-corrected chi connectivity index (χ1v) is 2.83. The van der Waals surface area contributed by atoms with Gasteiger partial charge in [0.2, 0.25) is 0 Å². The smallest absolute Gasteiger partial charge is 0.298 e. The second-order valence-electron chi connectivity index (χ2n) is 2.18. The van der Waals surface area contributed by atoms with Gasteiger partial charge in [0.1, 0.15) is 5.78 Å². The van der Waals surface area contributed by atoms with Gasteiger partial charge in [0, 0.05) is 13.0 Å². The van der Waals surface area contributed by atoms with E-state index in [1.54, 1.807) is 0 Å². The lowest BCUT2D eigenvalue weighted by molar-refractivity contribution is -0.237. The molecule has 1 aliphatic heterocycles. The third-order valence-electron chi connectivity index (χ3n) is 1.39. The summed E-state index contributed by atoms with van der Waals surface area (Å²) >= 11 is 0. The van der Waals surface area contributed by atoms with E-state index in [0.717, 1.165) is 0 Å². The van der Waals surface area contributed by atoms with Crippen LogP contribution in [0.25, 0.3) is 0 Å². The van der Waals surface area contributed by atoms with E-state index in [9.17, 15) is 18.0 Å². The SMILES string of the molecule is O=C1CCN(C(F)(F)F)C1. The first kappa shape index (κ1) is 7.53. The minimum absolute atomic E-state index is 0.0273. The number of carbonyl (C=O) groups is 1. The molecule has 1 heterocycles. The molecule has 0 aliphatic carbocycles. The lowest BCUT2D eigenvalue weighted by Gasteiger charge is -2.16. The van der Waals surface area contributed by atoms with Gasteiger partial charge in [0.15, 0.2) is 0 Å². The van der Waals surface area contributed by atoms with Gasteiger partial charge in [-0.25, -0.2) is 4.90 Å². The molecule has 5 heteroatoms. The fourth-order valence-corrected chi connectivity index (χ4v) is 0.847. The van der Waals surface area contributed by atoms with Gasteiger partial charge in [-0.05, 0) is 0 Å². The number of likely N-dealkylation sites (tertiary alicyclic amines) is 1. The Hall–Kier alpha value is -0.580. The van der Waals surface area contributed by atoms with Gasteiger partial charge in [-0.2, -0.15) is 13.2 Å². The zero-order valence-corrected chi connectivity index (χ0v) is 5.11. The molecular weight excluding hydrogens is 147 g/mol. The monoisotopic (exact) mass is 153 g/mol. The fraction of sp³-hybridized carbons (Fsp3) is 0.800. The minimum atomic E-state index is -4.33. The summed E-state index contributed by atoms with van der Waals surface area (Å²) in [6.07, 6.45) is -4.30. The number of hydrogen-bond acceptors (Lipinski definition) is 2. The molecule has 0 saturated carbocycles. The van der Waals surface area contributed by atoms with Crippen molar-refractivity contribution in [2.45, 2.75) is 12.7 Å². The van der Waals surface area contributed by atoms with Crippen LogP contribution in [0.2, 0.25) is 0 Å². The summed E-state index contributed by atoms with van der Waals surface area (Å²) in [4.78, 5) is 10.6. The van der Waals surface area contributed by atoms with Crippen molar-refractivity contribution in [2.24, 2.45) is 0 Å². The highest BCUT2D eigenvalue weighted by Crippen LogP contribution is 2.23. The van der Waals surface area contributed by atoms with Crippen LogP contribution in [0.3, 0.4) is 0 Å². The average molecular weight is 153 g/mol. The van der Waals surface area contributed by atoms with Gasteiger partial charge in [0.05, 0.1) is 6.54 Å². The zero-order valence-electron chi connectivity index (χ0n) is 5.11. The van der Waals surface area contributed by atoms with E-state index in [1.807, 2.05) is 0 Å². The molecule has 0 unspecified atom stereocenters. The van der Waals surface area contributed by atoms with Crippen LogP contribution in [-0.4, -0.2) is 30.1 Å². The Morgan fingerprint density at radius 2 is 2.00 bits per heavy atom.